The summed E-state index contributed by atoms with van der Waals surface area (Å²) < 4.78 is 0. The van der Waals surface area contributed by atoms with Gasteiger partial charge in [0.25, 0.3) is 0 Å². The van der Waals surface area contributed by atoms with E-state index in [9.17, 15) is 4.79 Å². The number of carbonyl (C=O) groups is 1. The second-order valence-corrected chi connectivity index (χ2v) is 3.79. The fraction of sp³-hybridized carbons (Fsp3) is 0.0714. The molecular weight excluding hydrogens is 226 g/mol. The Bertz CT molecular complexity index is 564. The summed E-state index contributed by atoms with van der Waals surface area (Å²) in [5, 5.41) is 2.77. The summed E-state index contributed by atoms with van der Waals surface area (Å²) in [7, 11) is 0. The van der Waals surface area contributed by atoms with Crippen molar-refractivity contribution >= 4 is 17.7 Å². The van der Waals surface area contributed by atoms with Crippen LogP contribution in [0, 0.1) is 6.92 Å². The topological polar surface area (TPSA) is 54.9 Å². The lowest BCUT2D eigenvalue weighted by Gasteiger charge is -2.02. The first kappa shape index (κ1) is 12.0. The molecule has 90 valence electrons. The molecule has 0 saturated carbocycles. The summed E-state index contributed by atoms with van der Waals surface area (Å²) in [6, 6.07) is 7.24. The van der Waals surface area contributed by atoms with Crippen LogP contribution in [0.3, 0.4) is 0 Å². The standard InChI is InChI=1S/C14H13N3O/c1-11-10-13(6-9-16-11)17-14(18)3-2-12-4-7-15-8-5-12/h2-10H,1H3,(H,16,17,18)/b3-2+. The molecule has 4 heteroatoms. The van der Waals surface area contributed by atoms with E-state index < -0.39 is 0 Å². The van der Waals surface area contributed by atoms with Gasteiger partial charge in [0, 0.05) is 36.0 Å². The number of nitrogens with one attached hydrogen (secondary N) is 1. The van der Waals surface area contributed by atoms with Crippen LogP contribution < -0.4 is 5.32 Å². The highest BCUT2D eigenvalue weighted by Crippen LogP contribution is 2.07. The highest BCUT2D eigenvalue weighted by molar-refractivity contribution is 6.01. The fourth-order valence-corrected chi connectivity index (χ4v) is 1.45. The van der Waals surface area contributed by atoms with E-state index in [0.29, 0.717) is 0 Å². The molecule has 0 radical (unpaired) electrons. The predicted molar refractivity (Wildman–Crippen MR) is 70.9 cm³/mol. The molecule has 0 fully saturated rings. The van der Waals surface area contributed by atoms with Crippen molar-refractivity contribution in [2.24, 2.45) is 0 Å². The molecule has 2 aromatic heterocycles. The van der Waals surface area contributed by atoms with Crippen molar-refractivity contribution < 1.29 is 4.79 Å². The lowest BCUT2D eigenvalue weighted by atomic mass is 10.2. The van der Waals surface area contributed by atoms with Crippen molar-refractivity contribution in [2.75, 3.05) is 5.32 Å². The Hall–Kier alpha value is -2.49. The van der Waals surface area contributed by atoms with E-state index in [0.717, 1.165) is 16.9 Å². The number of anilines is 1. The molecule has 2 aromatic rings. The molecule has 0 atom stereocenters. The number of amides is 1. The molecule has 0 saturated heterocycles. The van der Waals surface area contributed by atoms with Crippen LogP contribution in [0.15, 0.2) is 48.9 Å². The van der Waals surface area contributed by atoms with Gasteiger partial charge in [-0.1, -0.05) is 0 Å². The molecule has 1 amide bonds. The Morgan fingerprint density at radius 3 is 2.72 bits per heavy atom. The van der Waals surface area contributed by atoms with Crippen LogP contribution in [0.5, 0.6) is 0 Å². The van der Waals surface area contributed by atoms with Gasteiger partial charge in [-0.05, 0) is 42.8 Å². The molecule has 0 bridgehead atoms. The van der Waals surface area contributed by atoms with Gasteiger partial charge in [-0.2, -0.15) is 0 Å². The van der Waals surface area contributed by atoms with Crippen molar-refractivity contribution in [3.63, 3.8) is 0 Å². The number of nitrogens with zero attached hydrogens (tertiary/aromatic N) is 2. The SMILES string of the molecule is Cc1cc(NC(=O)/C=C/c2ccncc2)ccn1. The minimum absolute atomic E-state index is 0.169. The third-order valence-electron chi connectivity index (χ3n) is 2.30. The van der Waals surface area contributed by atoms with Gasteiger partial charge in [-0.15, -0.1) is 0 Å². The molecule has 0 aromatic carbocycles. The maximum atomic E-state index is 11.7. The monoisotopic (exact) mass is 239 g/mol. The zero-order valence-electron chi connectivity index (χ0n) is 10.00. The van der Waals surface area contributed by atoms with E-state index in [-0.39, 0.29) is 5.91 Å². The molecule has 18 heavy (non-hydrogen) atoms. The van der Waals surface area contributed by atoms with Gasteiger partial charge in [-0.3, -0.25) is 14.8 Å². The van der Waals surface area contributed by atoms with Crippen molar-refractivity contribution in [3.05, 3.63) is 60.2 Å². The summed E-state index contributed by atoms with van der Waals surface area (Å²) in [4.78, 5) is 19.6. The highest BCUT2D eigenvalue weighted by atomic mass is 16.1. The molecule has 0 aliphatic rings. The van der Waals surface area contributed by atoms with E-state index in [1.54, 1.807) is 30.7 Å². The molecule has 4 nitrogen and oxygen atoms in total. The maximum absolute atomic E-state index is 11.7. The number of rotatable bonds is 3. The average Bonchev–Trinajstić information content (AvgIpc) is 2.38. The van der Waals surface area contributed by atoms with Gasteiger partial charge in [0.05, 0.1) is 0 Å². The molecule has 0 aliphatic heterocycles. The smallest absolute Gasteiger partial charge is 0.248 e. The second-order valence-electron chi connectivity index (χ2n) is 3.79. The van der Waals surface area contributed by atoms with Crippen molar-refractivity contribution in [1.82, 2.24) is 9.97 Å². The minimum Gasteiger partial charge on any atom is -0.322 e. The van der Waals surface area contributed by atoms with E-state index in [1.165, 1.54) is 6.08 Å². The second kappa shape index (κ2) is 5.72. The summed E-state index contributed by atoms with van der Waals surface area (Å²) in [6.07, 6.45) is 8.27. The Kier molecular flexibility index (Phi) is 3.81. The first-order valence-electron chi connectivity index (χ1n) is 5.56. The minimum atomic E-state index is -0.169. The first-order chi connectivity index (χ1) is 8.74. The van der Waals surface area contributed by atoms with E-state index in [1.807, 2.05) is 25.1 Å². The highest BCUT2D eigenvalue weighted by Gasteiger charge is 1.98. The number of hydrogen-bond donors (Lipinski definition) is 1. The largest absolute Gasteiger partial charge is 0.322 e. The van der Waals surface area contributed by atoms with Gasteiger partial charge < -0.3 is 5.32 Å². The molecule has 0 spiro atoms. The summed E-state index contributed by atoms with van der Waals surface area (Å²) in [5.74, 6) is -0.169. The number of hydrogen-bond acceptors (Lipinski definition) is 3. The maximum Gasteiger partial charge on any atom is 0.248 e. The Balaban J connectivity index is 1.99. The predicted octanol–water partition coefficient (Wildman–Crippen LogP) is 2.44. The quantitative estimate of drug-likeness (QED) is 0.837. The van der Waals surface area contributed by atoms with E-state index >= 15 is 0 Å². The normalized spacial score (nSPS) is 10.5. The third-order valence-corrected chi connectivity index (χ3v) is 2.30. The molecule has 2 heterocycles. The molecule has 1 N–H and O–H groups in total. The number of pyridine rings is 2. The zero-order valence-corrected chi connectivity index (χ0v) is 10.00. The van der Waals surface area contributed by atoms with Crippen molar-refractivity contribution in [1.29, 1.82) is 0 Å². The van der Waals surface area contributed by atoms with Gasteiger partial charge in [0.2, 0.25) is 5.91 Å². The molecule has 0 unspecified atom stereocenters. The lowest BCUT2D eigenvalue weighted by molar-refractivity contribution is -0.111. The Morgan fingerprint density at radius 1 is 1.22 bits per heavy atom. The molecular formula is C14H13N3O. The molecule has 2 rings (SSSR count). The zero-order chi connectivity index (χ0) is 12.8. The van der Waals surface area contributed by atoms with Gasteiger partial charge in [0.15, 0.2) is 0 Å². The number of carbonyl (C=O) groups excluding carboxylic acids is 1. The van der Waals surface area contributed by atoms with Crippen LogP contribution in [0.2, 0.25) is 0 Å². The van der Waals surface area contributed by atoms with Gasteiger partial charge in [0.1, 0.15) is 0 Å². The van der Waals surface area contributed by atoms with Crippen LogP contribution >= 0.6 is 0 Å². The summed E-state index contributed by atoms with van der Waals surface area (Å²) in [5.41, 5.74) is 2.55. The number of aryl methyl sites for hydroxylation is 1. The van der Waals surface area contributed by atoms with Crippen LogP contribution in [0.1, 0.15) is 11.3 Å². The Labute approximate surface area is 105 Å². The number of aromatic nitrogens is 2. The lowest BCUT2D eigenvalue weighted by Crippen LogP contribution is -2.07. The van der Waals surface area contributed by atoms with Gasteiger partial charge >= 0.3 is 0 Å². The molecule has 0 aliphatic carbocycles. The van der Waals surface area contributed by atoms with Crippen molar-refractivity contribution in [2.45, 2.75) is 6.92 Å². The fourth-order valence-electron chi connectivity index (χ4n) is 1.45. The first-order valence-corrected chi connectivity index (χ1v) is 5.56. The van der Waals surface area contributed by atoms with E-state index in [4.69, 9.17) is 0 Å². The van der Waals surface area contributed by atoms with Crippen LogP contribution in [0.4, 0.5) is 5.69 Å². The van der Waals surface area contributed by atoms with E-state index in [2.05, 4.69) is 15.3 Å². The average molecular weight is 239 g/mol. The summed E-state index contributed by atoms with van der Waals surface area (Å²) >= 11 is 0. The Morgan fingerprint density at radius 2 is 2.00 bits per heavy atom. The van der Waals surface area contributed by atoms with Crippen LogP contribution in [-0.4, -0.2) is 15.9 Å². The van der Waals surface area contributed by atoms with Gasteiger partial charge in [-0.25, -0.2) is 0 Å². The third kappa shape index (κ3) is 3.52. The van der Waals surface area contributed by atoms with Crippen molar-refractivity contribution in [3.8, 4) is 0 Å². The van der Waals surface area contributed by atoms with Crippen LogP contribution in [-0.2, 0) is 4.79 Å². The van der Waals surface area contributed by atoms with Crippen LogP contribution in [0.25, 0.3) is 6.08 Å². The summed E-state index contributed by atoms with van der Waals surface area (Å²) in [6.45, 7) is 1.88.